The summed E-state index contributed by atoms with van der Waals surface area (Å²) in [5.74, 6) is 0. The molecule has 218 valence electrons. The molecule has 0 unspecified atom stereocenters. The van der Waals surface area contributed by atoms with Crippen LogP contribution in [-0.4, -0.2) is 3.21 Å². The fourth-order valence-corrected chi connectivity index (χ4v) is 16.1. The van der Waals surface area contributed by atoms with Crippen molar-refractivity contribution < 1.29 is 21.3 Å². The maximum absolute atomic E-state index is 2.63. The summed E-state index contributed by atoms with van der Waals surface area (Å²) in [4.78, 5) is 0. The molecular weight excluding hydrogens is 651 g/mol. The van der Waals surface area contributed by atoms with Gasteiger partial charge in [0, 0.05) is 0 Å². The molecule has 2 aliphatic carbocycles. The van der Waals surface area contributed by atoms with E-state index in [0.29, 0.717) is 0 Å². The molecule has 0 aliphatic heterocycles. The Balaban J connectivity index is 0.00000202. The third-order valence-electron chi connectivity index (χ3n) is 8.65. The molecule has 2 aliphatic rings. The molecule has 0 amide bonds. The average Bonchev–Trinajstić information content (AvgIpc) is 3.67. The van der Waals surface area contributed by atoms with E-state index in [-0.39, 0.29) is 35.6 Å². The van der Waals surface area contributed by atoms with Crippen molar-refractivity contribution in [3.63, 3.8) is 0 Å². The summed E-state index contributed by atoms with van der Waals surface area (Å²) < 4.78 is 5.10. The Bertz CT molecular complexity index is 1690. The first-order valence-corrected chi connectivity index (χ1v) is 19.2. The number of hydrogen-bond donors (Lipinski definition) is 0. The van der Waals surface area contributed by atoms with E-state index in [9.17, 15) is 0 Å². The minimum Gasteiger partial charge on any atom is -0.147 e. The zero-order chi connectivity index (χ0) is 28.2. The quantitative estimate of drug-likeness (QED) is 0.176. The summed E-state index contributed by atoms with van der Waals surface area (Å²) in [5.41, 5.74) is 13.6. The van der Waals surface area contributed by atoms with Gasteiger partial charge in [0.1, 0.15) is 0 Å². The fourth-order valence-electron chi connectivity index (χ4n) is 6.48. The Labute approximate surface area is 277 Å². The van der Waals surface area contributed by atoms with Gasteiger partial charge in [0.05, 0.1) is 0 Å². The van der Waals surface area contributed by atoms with Gasteiger partial charge in [-0.2, -0.15) is 0 Å². The molecule has 1 aromatic heterocycles. The van der Waals surface area contributed by atoms with Crippen LogP contribution in [0.3, 0.4) is 0 Å². The van der Waals surface area contributed by atoms with Crippen LogP contribution in [0.1, 0.15) is 88.3 Å². The summed E-state index contributed by atoms with van der Waals surface area (Å²) in [6.45, 7) is 16.7. The van der Waals surface area contributed by atoms with Crippen molar-refractivity contribution in [2.24, 2.45) is 0 Å². The smallest absolute Gasteiger partial charge is 0.147 e. The van der Waals surface area contributed by atoms with Crippen molar-refractivity contribution in [2.45, 2.75) is 72.1 Å². The topological polar surface area (TPSA) is 0 Å². The predicted octanol–water partition coefficient (Wildman–Crippen LogP) is 10.6. The zero-order valence-electron chi connectivity index (χ0n) is 25.8. The van der Waals surface area contributed by atoms with Crippen LogP contribution in [-0.2, 0) is 38.5 Å². The van der Waals surface area contributed by atoms with Crippen molar-refractivity contribution in [1.82, 2.24) is 0 Å². The maximum atomic E-state index is 2.50. The van der Waals surface area contributed by atoms with Gasteiger partial charge in [0.15, 0.2) is 0 Å². The standard InChI is InChI=1S/C21H25.C9H7S.C8H8.2ClH.Zr/c1-20(2,3)16-7-9-18-14(12-16)11-15-13-17(21(4,5)6)8-10-19(15)18;1-2-4-8(3-1)9-5-6-10-7-9;1-2-8-6-4-3-5-7-8;;;/h7-10,12H,11H2,1-6H3;1,3,5-7H,2H2;3-7H,1H3;2*1H;. The molecule has 0 N–H and O–H groups in total. The number of hydrogen-bond acceptors (Lipinski definition) is 1. The molecule has 0 atom stereocenters. The van der Waals surface area contributed by atoms with Crippen LogP contribution in [0.4, 0.5) is 0 Å². The molecule has 1 heterocycles. The first-order valence-electron chi connectivity index (χ1n) is 14.5. The Morgan fingerprint density at radius 3 is 2.17 bits per heavy atom. The van der Waals surface area contributed by atoms with Crippen LogP contribution < -0.4 is 3.27 Å². The molecule has 6 rings (SSSR count). The molecule has 0 nitrogen and oxygen atoms in total. The normalized spacial score (nSPS) is 14.6. The second kappa shape index (κ2) is 12.7. The Morgan fingerprint density at radius 2 is 1.52 bits per heavy atom. The molecule has 0 radical (unpaired) electrons. The van der Waals surface area contributed by atoms with Crippen molar-refractivity contribution in [3.8, 4) is 11.1 Å². The Morgan fingerprint density at radius 1 is 0.810 bits per heavy atom. The van der Waals surface area contributed by atoms with E-state index < -0.39 is 21.3 Å². The minimum absolute atomic E-state index is 0. The summed E-state index contributed by atoms with van der Waals surface area (Å²) in [6.07, 6.45) is 6.97. The number of benzene rings is 3. The number of halogens is 2. The summed E-state index contributed by atoms with van der Waals surface area (Å²) in [7, 11) is 0. The number of fused-ring (bicyclic) bond motifs is 3. The van der Waals surface area contributed by atoms with Gasteiger partial charge in [-0.25, -0.2) is 0 Å². The van der Waals surface area contributed by atoms with Gasteiger partial charge in [-0.05, 0) is 0 Å². The molecule has 42 heavy (non-hydrogen) atoms. The molecule has 0 saturated carbocycles. The SMILES string of the molecule is C/[C](c1ccccc1)=[Zr](\[C]1=C(c2ccsc2)C=CC1)[c]1c(C(C)(C)C)ccc2c1Cc1cc(C(C)(C)C)ccc1-2.Cl.Cl. The van der Waals surface area contributed by atoms with Crippen LogP contribution >= 0.6 is 36.2 Å². The fraction of sp³-hybridized carbons (Fsp3) is 0.289. The van der Waals surface area contributed by atoms with Crippen LogP contribution in [0.25, 0.3) is 16.7 Å². The first kappa shape index (κ1) is 33.1. The van der Waals surface area contributed by atoms with Gasteiger partial charge in [-0.3, -0.25) is 0 Å². The van der Waals surface area contributed by atoms with Gasteiger partial charge >= 0.3 is 254 Å². The van der Waals surface area contributed by atoms with E-state index in [1.807, 2.05) is 11.3 Å². The molecule has 0 spiro atoms. The van der Waals surface area contributed by atoms with Crippen molar-refractivity contribution in [3.05, 3.63) is 126 Å². The maximum Gasteiger partial charge on any atom is -0.147 e. The van der Waals surface area contributed by atoms with Crippen LogP contribution in [0.2, 0.25) is 0 Å². The van der Waals surface area contributed by atoms with E-state index in [1.54, 1.807) is 20.9 Å². The molecule has 0 saturated heterocycles. The van der Waals surface area contributed by atoms with E-state index in [0.717, 1.165) is 12.8 Å². The minimum atomic E-state index is -2.63. The van der Waals surface area contributed by atoms with Crippen LogP contribution in [0.5, 0.6) is 0 Å². The predicted molar refractivity (Wildman–Crippen MR) is 187 cm³/mol. The molecular formula is C38H42Cl2SZr. The largest absolute Gasteiger partial charge is 0.147 e. The van der Waals surface area contributed by atoms with E-state index >= 15 is 0 Å². The monoisotopic (exact) mass is 690 g/mol. The van der Waals surface area contributed by atoms with Gasteiger partial charge < -0.3 is 0 Å². The van der Waals surface area contributed by atoms with Gasteiger partial charge in [0.25, 0.3) is 0 Å². The van der Waals surface area contributed by atoms with Crippen LogP contribution in [0.15, 0.2) is 92.9 Å². The first-order chi connectivity index (χ1) is 19.0. The van der Waals surface area contributed by atoms with Crippen molar-refractivity contribution >= 4 is 48.2 Å². The molecule has 4 aromatic rings. The van der Waals surface area contributed by atoms with E-state index in [4.69, 9.17) is 0 Å². The number of rotatable bonds is 4. The number of allylic oxidation sites excluding steroid dienone is 4. The average molecular weight is 693 g/mol. The van der Waals surface area contributed by atoms with Gasteiger partial charge in [0.2, 0.25) is 0 Å². The van der Waals surface area contributed by atoms with Crippen molar-refractivity contribution in [2.75, 3.05) is 0 Å². The van der Waals surface area contributed by atoms with E-state index in [2.05, 4.69) is 138 Å². The second-order valence-electron chi connectivity index (χ2n) is 13.4. The summed E-state index contributed by atoms with van der Waals surface area (Å²) >= 11 is -0.815. The Hall–Kier alpha value is -1.83. The molecule has 0 bridgehead atoms. The summed E-state index contributed by atoms with van der Waals surface area (Å²) in [5, 5.41) is 4.57. The zero-order valence-corrected chi connectivity index (χ0v) is 30.7. The Kier molecular flexibility index (Phi) is 9.96. The number of thiophene rings is 1. The third-order valence-corrected chi connectivity index (χ3v) is 17.2. The summed E-state index contributed by atoms with van der Waals surface area (Å²) in [6, 6.07) is 25.8. The second-order valence-corrected chi connectivity index (χ2v) is 20.6. The molecule has 3 aromatic carbocycles. The van der Waals surface area contributed by atoms with Gasteiger partial charge in [-0.1, -0.05) is 0 Å². The molecule has 4 heteroatoms. The van der Waals surface area contributed by atoms with Crippen LogP contribution in [0, 0.1) is 0 Å². The van der Waals surface area contributed by atoms with Crippen molar-refractivity contribution in [1.29, 1.82) is 0 Å². The van der Waals surface area contributed by atoms with Gasteiger partial charge in [-0.15, -0.1) is 24.8 Å². The van der Waals surface area contributed by atoms with E-state index in [1.165, 1.54) is 39.0 Å². The molecule has 0 fully saturated rings. The third kappa shape index (κ3) is 6.08.